The maximum Gasteiger partial charge on any atom is 0.261 e. The van der Waals surface area contributed by atoms with Crippen LogP contribution in [0, 0.1) is 6.92 Å². The van der Waals surface area contributed by atoms with Crippen LogP contribution >= 0.6 is 22.9 Å². The lowest BCUT2D eigenvalue weighted by molar-refractivity contribution is 0.0981. The second kappa shape index (κ2) is 8.37. The van der Waals surface area contributed by atoms with E-state index in [1.54, 1.807) is 36.5 Å². The first-order valence-corrected chi connectivity index (χ1v) is 12.4. The Balaban J connectivity index is 1.87. The first-order valence-electron chi connectivity index (χ1n) is 9.32. The van der Waals surface area contributed by atoms with Gasteiger partial charge in [-0.2, -0.15) is 0 Å². The number of thiazole rings is 1. The molecule has 0 bridgehead atoms. The molecule has 0 aliphatic heterocycles. The monoisotopic (exact) mass is 471 g/mol. The van der Waals surface area contributed by atoms with Gasteiger partial charge >= 0.3 is 0 Å². The molecule has 4 rings (SSSR count). The summed E-state index contributed by atoms with van der Waals surface area (Å²) in [5.41, 5.74) is 2.28. The molecular weight excluding hydrogens is 454 g/mol. The van der Waals surface area contributed by atoms with Crippen molar-refractivity contribution in [3.05, 3.63) is 82.6 Å². The molecule has 0 aliphatic rings. The van der Waals surface area contributed by atoms with Crippen LogP contribution in [0.25, 0.3) is 10.2 Å². The van der Waals surface area contributed by atoms with Crippen molar-refractivity contribution in [2.75, 3.05) is 11.2 Å². The van der Waals surface area contributed by atoms with Gasteiger partial charge in [0.25, 0.3) is 5.91 Å². The molecular formula is C22H18ClN3O3S2. The lowest BCUT2D eigenvalue weighted by Crippen LogP contribution is -2.31. The number of hydrogen-bond acceptors (Lipinski definition) is 6. The zero-order valence-electron chi connectivity index (χ0n) is 16.7. The Morgan fingerprint density at radius 3 is 2.55 bits per heavy atom. The van der Waals surface area contributed by atoms with Crippen LogP contribution in [0.5, 0.6) is 0 Å². The van der Waals surface area contributed by atoms with Gasteiger partial charge < -0.3 is 0 Å². The summed E-state index contributed by atoms with van der Waals surface area (Å²) in [4.78, 5) is 24.1. The number of aryl methyl sites for hydroxylation is 1. The van der Waals surface area contributed by atoms with E-state index in [1.165, 1.54) is 28.4 Å². The molecule has 158 valence electrons. The van der Waals surface area contributed by atoms with Crippen molar-refractivity contribution in [1.29, 1.82) is 0 Å². The van der Waals surface area contributed by atoms with Gasteiger partial charge in [-0.1, -0.05) is 41.1 Å². The molecule has 0 spiro atoms. The number of benzene rings is 2. The van der Waals surface area contributed by atoms with Crippen LogP contribution in [-0.2, 0) is 16.4 Å². The van der Waals surface area contributed by atoms with Crippen LogP contribution in [0.3, 0.4) is 0 Å². The number of carbonyl (C=O) groups excluding carboxylic acids is 1. The Bertz CT molecular complexity index is 1390. The van der Waals surface area contributed by atoms with Crippen molar-refractivity contribution in [2.45, 2.75) is 18.4 Å². The quantitative estimate of drug-likeness (QED) is 0.413. The molecule has 0 saturated carbocycles. The number of rotatable bonds is 5. The Morgan fingerprint density at radius 2 is 1.84 bits per heavy atom. The molecule has 31 heavy (non-hydrogen) atoms. The fourth-order valence-electron chi connectivity index (χ4n) is 3.20. The molecule has 2 aromatic carbocycles. The van der Waals surface area contributed by atoms with E-state index in [4.69, 9.17) is 11.6 Å². The largest absolute Gasteiger partial charge is 0.278 e. The van der Waals surface area contributed by atoms with Crippen LogP contribution in [0.15, 0.2) is 65.7 Å². The standard InChI is InChI=1S/C22H18ClN3O3S2/c1-14-17(23)10-11-18-20(14)25-22(30-18)26(13-15-7-5-6-12-24-15)21(27)16-8-3-4-9-19(16)31(2,28)29/h3-12H,13H2,1-2H3. The van der Waals surface area contributed by atoms with Crippen LogP contribution in [-0.4, -0.2) is 30.5 Å². The molecule has 0 N–H and O–H groups in total. The number of anilines is 1. The van der Waals surface area contributed by atoms with Gasteiger partial charge in [0.05, 0.1) is 32.9 Å². The maximum atomic E-state index is 13.6. The fraction of sp³-hybridized carbons (Fsp3) is 0.136. The van der Waals surface area contributed by atoms with Crippen molar-refractivity contribution in [3.63, 3.8) is 0 Å². The molecule has 9 heteroatoms. The molecule has 2 aromatic heterocycles. The third-order valence-electron chi connectivity index (χ3n) is 4.78. The molecule has 0 aliphatic carbocycles. The lowest BCUT2D eigenvalue weighted by Gasteiger charge is -2.20. The zero-order chi connectivity index (χ0) is 22.2. The van der Waals surface area contributed by atoms with E-state index in [2.05, 4.69) is 9.97 Å². The van der Waals surface area contributed by atoms with Gasteiger partial charge in [-0.25, -0.2) is 13.4 Å². The summed E-state index contributed by atoms with van der Waals surface area (Å²) in [6.45, 7) is 2.02. The highest BCUT2D eigenvalue weighted by Crippen LogP contribution is 2.35. The number of amides is 1. The maximum absolute atomic E-state index is 13.6. The van der Waals surface area contributed by atoms with E-state index in [0.29, 0.717) is 21.4 Å². The molecule has 0 saturated heterocycles. The summed E-state index contributed by atoms with van der Waals surface area (Å²) in [6.07, 6.45) is 2.73. The minimum atomic E-state index is -3.60. The van der Waals surface area contributed by atoms with E-state index in [9.17, 15) is 13.2 Å². The van der Waals surface area contributed by atoms with Crippen LogP contribution in [0.4, 0.5) is 5.13 Å². The van der Waals surface area contributed by atoms with E-state index in [0.717, 1.165) is 16.5 Å². The summed E-state index contributed by atoms with van der Waals surface area (Å²) in [5.74, 6) is -0.463. The highest BCUT2D eigenvalue weighted by Gasteiger charge is 2.27. The van der Waals surface area contributed by atoms with Gasteiger partial charge in [-0.15, -0.1) is 0 Å². The zero-order valence-corrected chi connectivity index (χ0v) is 19.1. The van der Waals surface area contributed by atoms with Crippen molar-refractivity contribution < 1.29 is 13.2 Å². The summed E-state index contributed by atoms with van der Waals surface area (Å²) in [7, 11) is -3.60. The number of hydrogen-bond donors (Lipinski definition) is 0. The Hall–Kier alpha value is -2.81. The van der Waals surface area contributed by atoms with Gasteiger partial charge in [-0.05, 0) is 48.9 Å². The second-order valence-corrected chi connectivity index (χ2v) is 10.4. The number of halogens is 1. The third-order valence-corrected chi connectivity index (χ3v) is 7.38. The van der Waals surface area contributed by atoms with Crippen molar-refractivity contribution in [1.82, 2.24) is 9.97 Å². The molecule has 6 nitrogen and oxygen atoms in total. The first kappa shape index (κ1) is 21.4. The smallest absolute Gasteiger partial charge is 0.261 e. The molecule has 1 amide bonds. The lowest BCUT2D eigenvalue weighted by atomic mass is 10.2. The van der Waals surface area contributed by atoms with E-state index >= 15 is 0 Å². The molecule has 0 atom stereocenters. The SMILES string of the molecule is Cc1c(Cl)ccc2sc(N(Cc3ccccn3)C(=O)c3ccccc3S(C)(=O)=O)nc12. The van der Waals surface area contributed by atoms with Crippen LogP contribution in [0.2, 0.25) is 5.02 Å². The molecule has 2 heterocycles. The average Bonchev–Trinajstić information content (AvgIpc) is 3.19. The summed E-state index contributed by atoms with van der Waals surface area (Å²) in [5, 5.41) is 1.04. The highest BCUT2D eigenvalue weighted by molar-refractivity contribution is 7.90. The second-order valence-electron chi connectivity index (χ2n) is 7.00. The van der Waals surface area contributed by atoms with E-state index in [1.807, 2.05) is 19.1 Å². The number of fused-ring (bicyclic) bond motifs is 1. The third kappa shape index (κ3) is 4.32. The predicted octanol–water partition coefficient (Wildman–Crippen LogP) is 4.90. The van der Waals surface area contributed by atoms with Gasteiger partial charge in [0.15, 0.2) is 15.0 Å². The Morgan fingerprint density at radius 1 is 1.10 bits per heavy atom. The molecule has 0 unspecified atom stereocenters. The summed E-state index contributed by atoms with van der Waals surface area (Å²) >= 11 is 7.59. The fourth-order valence-corrected chi connectivity index (χ4v) is 5.25. The molecule has 0 fully saturated rings. The van der Waals surface area contributed by atoms with Crippen molar-refractivity contribution in [2.24, 2.45) is 0 Å². The van der Waals surface area contributed by atoms with Gasteiger partial charge in [0, 0.05) is 17.5 Å². The number of pyridine rings is 1. The predicted molar refractivity (Wildman–Crippen MR) is 124 cm³/mol. The summed E-state index contributed by atoms with van der Waals surface area (Å²) < 4.78 is 25.5. The van der Waals surface area contributed by atoms with Crippen molar-refractivity contribution >= 4 is 54.0 Å². The van der Waals surface area contributed by atoms with Gasteiger partial charge in [-0.3, -0.25) is 14.7 Å². The Kier molecular flexibility index (Phi) is 5.79. The van der Waals surface area contributed by atoms with E-state index < -0.39 is 15.7 Å². The number of carbonyl (C=O) groups is 1. The Labute approximate surface area is 189 Å². The van der Waals surface area contributed by atoms with Crippen molar-refractivity contribution in [3.8, 4) is 0 Å². The minimum Gasteiger partial charge on any atom is -0.278 e. The van der Waals surface area contributed by atoms with Crippen LogP contribution < -0.4 is 4.90 Å². The van der Waals surface area contributed by atoms with Crippen LogP contribution in [0.1, 0.15) is 21.6 Å². The highest BCUT2D eigenvalue weighted by atomic mass is 35.5. The normalized spacial score (nSPS) is 11.6. The molecule has 0 radical (unpaired) electrons. The van der Waals surface area contributed by atoms with E-state index in [-0.39, 0.29) is 17.0 Å². The number of nitrogens with zero attached hydrogens (tertiary/aromatic N) is 3. The summed E-state index contributed by atoms with van der Waals surface area (Å²) in [6, 6.07) is 15.3. The number of sulfone groups is 1. The first-order chi connectivity index (χ1) is 14.8. The van der Waals surface area contributed by atoms with Gasteiger partial charge in [0.2, 0.25) is 0 Å². The number of aromatic nitrogens is 2. The molecule has 4 aromatic rings. The topological polar surface area (TPSA) is 80.2 Å². The minimum absolute atomic E-state index is 0.0219. The average molecular weight is 472 g/mol. The van der Waals surface area contributed by atoms with Gasteiger partial charge in [0.1, 0.15) is 0 Å².